The number of ether oxygens (including phenoxy) is 1. The summed E-state index contributed by atoms with van der Waals surface area (Å²) in [4.78, 5) is 31.4. The number of pyridine rings is 2. The molecule has 218 valence electrons. The second-order valence-corrected chi connectivity index (χ2v) is 12.4. The molecule has 5 aromatic rings. The predicted molar refractivity (Wildman–Crippen MR) is 167 cm³/mol. The van der Waals surface area contributed by atoms with Gasteiger partial charge in [0.05, 0.1) is 11.3 Å². The van der Waals surface area contributed by atoms with Crippen LogP contribution in [0.5, 0.6) is 0 Å². The van der Waals surface area contributed by atoms with Gasteiger partial charge in [-0.05, 0) is 69.2 Å². The summed E-state index contributed by atoms with van der Waals surface area (Å²) < 4.78 is 7.70. The molecule has 43 heavy (non-hydrogen) atoms. The van der Waals surface area contributed by atoms with Crippen molar-refractivity contribution in [3.05, 3.63) is 90.6 Å². The first-order valence-corrected chi connectivity index (χ1v) is 14.7. The summed E-state index contributed by atoms with van der Waals surface area (Å²) in [6, 6.07) is 27.1. The third-order valence-electron chi connectivity index (χ3n) is 8.22. The van der Waals surface area contributed by atoms with Crippen LogP contribution < -0.4 is 5.73 Å². The Morgan fingerprint density at radius 2 is 1.72 bits per heavy atom. The molecule has 0 unspecified atom stereocenters. The summed E-state index contributed by atoms with van der Waals surface area (Å²) in [7, 11) is 0. The molecule has 2 aliphatic heterocycles. The number of nitrogen functional groups attached to an aromatic ring is 1. The Labute approximate surface area is 250 Å². The van der Waals surface area contributed by atoms with Gasteiger partial charge in [0.1, 0.15) is 16.9 Å². The van der Waals surface area contributed by atoms with E-state index in [-0.39, 0.29) is 12.1 Å². The Bertz CT molecular complexity index is 1790. The number of imidazole rings is 1. The zero-order valence-corrected chi connectivity index (χ0v) is 24.6. The number of aromatic nitrogens is 4. The summed E-state index contributed by atoms with van der Waals surface area (Å²) in [5.41, 5.74) is 12.2. The minimum atomic E-state index is -0.484. The number of amides is 1. The first-order chi connectivity index (χ1) is 20.7. The number of likely N-dealkylation sites (tertiary alicyclic amines) is 2. The van der Waals surface area contributed by atoms with Crippen molar-refractivity contribution >= 4 is 23.1 Å². The van der Waals surface area contributed by atoms with E-state index in [4.69, 9.17) is 20.4 Å². The molecule has 2 N–H and O–H groups in total. The fourth-order valence-electron chi connectivity index (χ4n) is 6.23. The number of hydrogen-bond donors (Lipinski definition) is 1. The largest absolute Gasteiger partial charge is 0.444 e. The minimum Gasteiger partial charge on any atom is -0.444 e. The van der Waals surface area contributed by atoms with Gasteiger partial charge in [0, 0.05) is 49.2 Å². The number of rotatable bonds is 5. The molecule has 0 aliphatic carbocycles. The molecule has 1 amide bonds. The molecule has 9 heteroatoms. The van der Waals surface area contributed by atoms with Crippen LogP contribution in [0.3, 0.4) is 0 Å². The van der Waals surface area contributed by atoms with Crippen molar-refractivity contribution in [3.63, 3.8) is 0 Å². The first kappa shape index (κ1) is 27.1. The molecule has 2 aromatic carbocycles. The molecule has 2 saturated heterocycles. The molecule has 2 bridgehead atoms. The van der Waals surface area contributed by atoms with Crippen molar-refractivity contribution < 1.29 is 9.53 Å². The number of nitrogens with zero attached hydrogens (tertiary/aromatic N) is 6. The van der Waals surface area contributed by atoms with Crippen molar-refractivity contribution in [1.82, 2.24) is 29.3 Å². The van der Waals surface area contributed by atoms with Crippen LogP contribution in [0.4, 0.5) is 10.6 Å². The molecule has 2 aliphatic rings. The highest BCUT2D eigenvalue weighted by atomic mass is 16.6. The van der Waals surface area contributed by atoms with E-state index >= 15 is 0 Å². The number of carbonyl (C=O) groups excluding carboxylic acids is 1. The van der Waals surface area contributed by atoms with E-state index in [1.807, 2.05) is 68.1 Å². The normalized spacial score (nSPS) is 18.4. The molecule has 3 aromatic heterocycles. The maximum atomic E-state index is 12.7. The van der Waals surface area contributed by atoms with E-state index in [9.17, 15) is 4.79 Å². The van der Waals surface area contributed by atoms with Crippen LogP contribution in [0.25, 0.3) is 39.5 Å². The number of carbonyl (C=O) groups is 1. The Morgan fingerprint density at radius 3 is 2.42 bits per heavy atom. The molecule has 0 spiro atoms. The molecule has 9 nitrogen and oxygen atoms in total. The van der Waals surface area contributed by atoms with Gasteiger partial charge in [-0.15, -0.1) is 0 Å². The van der Waals surface area contributed by atoms with Gasteiger partial charge in [-0.1, -0.05) is 42.5 Å². The van der Waals surface area contributed by atoms with Crippen LogP contribution >= 0.6 is 0 Å². The lowest BCUT2D eigenvalue weighted by atomic mass is 10.1. The summed E-state index contributed by atoms with van der Waals surface area (Å²) in [6.07, 6.45) is 2.47. The number of anilines is 1. The quantitative estimate of drug-likeness (QED) is 0.278. The molecule has 2 fully saturated rings. The van der Waals surface area contributed by atoms with Crippen molar-refractivity contribution in [2.45, 2.75) is 51.4 Å². The monoisotopic (exact) mass is 573 g/mol. The number of hydrogen-bond acceptors (Lipinski definition) is 7. The highest BCUT2D eigenvalue weighted by Gasteiger charge is 2.46. The Kier molecular flexibility index (Phi) is 6.62. The standard InChI is InChI=1S/C34H35N7O2/c1-34(2,3)43-33(42)40-21-25-18-26(40)20-39(25)19-22-11-13-24(14-12-22)41-31(27-10-7-17-36-30(27)35)38-29-16-15-28(37-32(29)41)23-8-5-4-6-9-23/h4-17,25-26H,18-21H2,1-3H3,(H2,35,36)/t25-,26-/m0/s1. The van der Waals surface area contributed by atoms with E-state index < -0.39 is 5.60 Å². The van der Waals surface area contributed by atoms with Gasteiger partial charge in [-0.2, -0.15) is 0 Å². The second-order valence-electron chi connectivity index (χ2n) is 12.4. The smallest absolute Gasteiger partial charge is 0.410 e. The number of fused-ring (bicyclic) bond motifs is 3. The predicted octanol–water partition coefficient (Wildman–Crippen LogP) is 5.93. The Morgan fingerprint density at radius 1 is 0.930 bits per heavy atom. The highest BCUT2D eigenvalue weighted by molar-refractivity contribution is 5.84. The van der Waals surface area contributed by atoms with Crippen LogP contribution in [-0.4, -0.2) is 66.2 Å². The van der Waals surface area contributed by atoms with Gasteiger partial charge >= 0.3 is 6.09 Å². The van der Waals surface area contributed by atoms with Gasteiger partial charge in [0.2, 0.25) is 0 Å². The molecule has 7 rings (SSSR count). The first-order valence-electron chi connectivity index (χ1n) is 14.7. The molecule has 5 heterocycles. The minimum absolute atomic E-state index is 0.203. The highest BCUT2D eigenvalue weighted by Crippen LogP contribution is 2.34. The van der Waals surface area contributed by atoms with E-state index in [2.05, 4.69) is 50.8 Å². The number of nitrogens with two attached hydrogens (primary N) is 1. The zero-order valence-electron chi connectivity index (χ0n) is 24.6. The van der Waals surface area contributed by atoms with E-state index in [0.717, 1.165) is 53.2 Å². The van der Waals surface area contributed by atoms with Crippen molar-refractivity contribution in [2.75, 3.05) is 18.8 Å². The zero-order chi connectivity index (χ0) is 29.7. The van der Waals surface area contributed by atoms with E-state index in [1.165, 1.54) is 5.56 Å². The van der Waals surface area contributed by atoms with Crippen LogP contribution in [0.2, 0.25) is 0 Å². The van der Waals surface area contributed by atoms with E-state index in [0.29, 0.717) is 24.2 Å². The maximum Gasteiger partial charge on any atom is 0.410 e. The van der Waals surface area contributed by atoms with Crippen molar-refractivity contribution in [3.8, 4) is 28.3 Å². The molecule has 0 radical (unpaired) electrons. The van der Waals surface area contributed by atoms with Gasteiger partial charge in [-0.3, -0.25) is 9.47 Å². The average Bonchev–Trinajstić information content (AvgIpc) is 3.70. The fraction of sp³-hybridized carbons (Fsp3) is 0.294. The Balaban J connectivity index is 1.17. The average molecular weight is 574 g/mol. The van der Waals surface area contributed by atoms with Crippen LogP contribution in [0, 0.1) is 0 Å². The lowest BCUT2D eigenvalue weighted by Gasteiger charge is -2.35. The van der Waals surface area contributed by atoms with Gasteiger partial charge in [0.15, 0.2) is 11.5 Å². The van der Waals surface area contributed by atoms with Gasteiger partial charge in [-0.25, -0.2) is 19.7 Å². The molecular formula is C34H35N7O2. The second kappa shape index (κ2) is 10.5. The number of piperazine rings is 1. The third-order valence-corrected chi connectivity index (χ3v) is 8.22. The van der Waals surface area contributed by atoms with Crippen molar-refractivity contribution in [2.24, 2.45) is 0 Å². The Hall–Kier alpha value is -4.76. The van der Waals surface area contributed by atoms with Crippen LogP contribution in [0.15, 0.2) is 85.1 Å². The summed E-state index contributed by atoms with van der Waals surface area (Å²) in [5.74, 6) is 1.12. The van der Waals surface area contributed by atoms with E-state index in [1.54, 1.807) is 6.20 Å². The summed E-state index contributed by atoms with van der Waals surface area (Å²) >= 11 is 0. The topological polar surface area (TPSA) is 102 Å². The van der Waals surface area contributed by atoms with Gasteiger partial charge in [0.25, 0.3) is 0 Å². The summed E-state index contributed by atoms with van der Waals surface area (Å²) in [6.45, 7) is 8.13. The SMILES string of the molecule is CC(C)(C)OC(=O)N1C[C@@H]2C[C@H]1CN2Cc1ccc(-n2c(-c3cccnc3N)nc3ccc(-c4ccccc4)nc32)cc1. The fourth-order valence-corrected chi connectivity index (χ4v) is 6.23. The third kappa shape index (κ3) is 5.21. The molecule has 0 saturated carbocycles. The van der Waals surface area contributed by atoms with Crippen LogP contribution in [-0.2, 0) is 11.3 Å². The summed E-state index contributed by atoms with van der Waals surface area (Å²) in [5, 5.41) is 0. The lowest BCUT2D eigenvalue weighted by molar-refractivity contribution is 0.0124. The lowest BCUT2D eigenvalue weighted by Crippen LogP contribution is -2.49. The maximum absolute atomic E-state index is 12.7. The molecular weight excluding hydrogens is 538 g/mol. The van der Waals surface area contributed by atoms with Crippen molar-refractivity contribution in [1.29, 1.82) is 0 Å². The molecule has 2 atom stereocenters. The van der Waals surface area contributed by atoms with Gasteiger partial charge < -0.3 is 15.4 Å². The number of benzene rings is 2. The van der Waals surface area contributed by atoms with Crippen LogP contribution in [0.1, 0.15) is 32.8 Å².